The third-order valence-corrected chi connectivity index (χ3v) is 2.67. The molecular weight excluding hydrogens is 302 g/mol. The maximum atomic E-state index is 10.4. The molecule has 0 unspecified atom stereocenters. The molecule has 0 aromatic carbocycles. The molecule has 0 aliphatic heterocycles. The lowest BCUT2D eigenvalue weighted by Gasteiger charge is -2.10. The van der Waals surface area contributed by atoms with Gasteiger partial charge < -0.3 is 21.1 Å². The molecule has 0 aliphatic carbocycles. The lowest BCUT2D eigenvalue weighted by Crippen LogP contribution is -2.20. The monoisotopic (exact) mass is 317 g/mol. The second kappa shape index (κ2) is 7.83. The molecule has 1 heterocycles. The molecule has 18 heavy (non-hydrogen) atoms. The highest BCUT2D eigenvalue weighted by Gasteiger charge is 2.07. The van der Waals surface area contributed by atoms with Crippen molar-refractivity contribution in [3.63, 3.8) is 0 Å². The molecule has 0 bridgehead atoms. The molecule has 1 rings (SSSR count). The van der Waals surface area contributed by atoms with Gasteiger partial charge in [0.25, 0.3) is 0 Å². The van der Waals surface area contributed by atoms with Gasteiger partial charge in [0.05, 0.1) is 6.61 Å². The minimum Gasteiger partial charge on any atom is -0.370 e. The van der Waals surface area contributed by atoms with Crippen LogP contribution >= 0.6 is 15.9 Å². The molecule has 7 nitrogen and oxygen atoms in total. The Labute approximate surface area is 114 Å². The van der Waals surface area contributed by atoms with Gasteiger partial charge in [0.1, 0.15) is 29.0 Å². The zero-order valence-electron chi connectivity index (χ0n) is 10.1. The van der Waals surface area contributed by atoms with E-state index in [2.05, 4.69) is 36.5 Å². The minimum atomic E-state index is -0.479. The van der Waals surface area contributed by atoms with Crippen molar-refractivity contribution in [2.45, 2.75) is 6.92 Å². The first-order chi connectivity index (χ1) is 8.65. The first-order valence-corrected chi connectivity index (χ1v) is 6.28. The first-order valence-electron chi connectivity index (χ1n) is 5.49. The average molecular weight is 318 g/mol. The van der Waals surface area contributed by atoms with Gasteiger partial charge in [0, 0.05) is 13.1 Å². The van der Waals surface area contributed by atoms with Crippen LogP contribution in [0.25, 0.3) is 0 Å². The largest absolute Gasteiger partial charge is 0.370 e. The molecule has 100 valence electrons. The molecule has 0 atom stereocenters. The molecular formula is C10H16BrN5O2. The maximum absolute atomic E-state index is 10.4. The summed E-state index contributed by atoms with van der Waals surface area (Å²) in [4.78, 5) is 18.6. The molecule has 0 spiro atoms. The topological polar surface area (TPSA) is 102 Å². The van der Waals surface area contributed by atoms with Crippen LogP contribution in [0.5, 0.6) is 0 Å². The fraction of sp³-hybridized carbons (Fsp3) is 0.500. The van der Waals surface area contributed by atoms with Gasteiger partial charge in [-0.25, -0.2) is 9.97 Å². The van der Waals surface area contributed by atoms with E-state index in [0.717, 1.165) is 16.8 Å². The number of amides is 1. The summed E-state index contributed by atoms with van der Waals surface area (Å²) >= 11 is 3.41. The molecule has 0 radical (unpaired) electrons. The molecule has 0 saturated heterocycles. The Balaban J connectivity index is 2.42. The number of aromatic nitrogens is 2. The van der Waals surface area contributed by atoms with Gasteiger partial charge >= 0.3 is 0 Å². The Morgan fingerprint density at radius 2 is 2.11 bits per heavy atom. The summed E-state index contributed by atoms with van der Waals surface area (Å²) in [6.07, 6.45) is 1.47. The number of hydrogen-bond acceptors (Lipinski definition) is 6. The molecule has 0 aliphatic rings. The number of anilines is 2. The van der Waals surface area contributed by atoms with Crippen molar-refractivity contribution < 1.29 is 9.53 Å². The van der Waals surface area contributed by atoms with Gasteiger partial charge in [-0.1, -0.05) is 0 Å². The molecule has 0 fully saturated rings. The SMILES string of the molecule is CCNc1ncnc(NCCOCC(N)=O)c1Br. The van der Waals surface area contributed by atoms with Crippen LogP contribution in [-0.2, 0) is 9.53 Å². The van der Waals surface area contributed by atoms with Crippen LogP contribution in [0, 0.1) is 0 Å². The van der Waals surface area contributed by atoms with E-state index in [0.29, 0.717) is 19.0 Å². The van der Waals surface area contributed by atoms with Crippen molar-refractivity contribution >= 4 is 33.5 Å². The standard InChI is InChI=1S/C10H16BrN5O2/c1-2-13-9-8(11)10(16-6-15-9)14-3-4-18-5-7(12)17/h6H,2-5H2,1H3,(H2,12,17)(H2,13,14,15,16). The summed E-state index contributed by atoms with van der Waals surface area (Å²) in [5.74, 6) is 0.921. The Kier molecular flexibility index (Phi) is 6.37. The lowest BCUT2D eigenvalue weighted by atomic mass is 10.5. The number of ether oxygens (including phenoxy) is 1. The fourth-order valence-electron chi connectivity index (χ4n) is 1.20. The van der Waals surface area contributed by atoms with Gasteiger partial charge in [0.2, 0.25) is 5.91 Å². The number of nitrogens with zero attached hydrogens (tertiary/aromatic N) is 2. The van der Waals surface area contributed by atoms with Gasteiger partial charge in [-0.3, -0.25) is 4.79 Å². The van der Waals surface area contributed by atoms with E-state index >= 15 is 0 Å². The lowest BCUT2D eigenvalue weighted by molar-refractivity contribution is -0.122. The van der Waals surface area contributed by atoms with Gasteiger partial charge in [-0.2, -0.15) is 0 Å². The Bertz CT molecular complexity index is 402. The number of halogens is 1. The molecule has 8 heteroatoms. The highest BCUT2D eigenvalue weighted by molar-refractivity contribution is 9.10. The first kappa shape index (κ1) is 14.7. The molecule has 1 amide bonds. The summed E-state index contributed by atoms with van der Waals surface area (Å²) in [6, 6.07) is 0. The third-order valence-electron chi connectivity index (χ3n) is 1.92. The summed E-state index contributed by atoms with van der Waals surface area (Å²) in [6.45, 7) is 3.58. The number of primary amides is 1. The van der Waals surface area contributed by atoms with Gasteiger partial charge in [0.15, 0.2) is 0 Å². The van der Waals surface area contributed by atoms with E-state index < -0.39 is 5.91 Å². The van der Waals surface area contributed by atoms with E-state index in [9.17, 15) is 4.79 Å². The van der Waals surface area contributed by atoms with Crippen molar-refractivity contribution in [2.75, 3.05) is 36.9 Å². The smallest absolute Gasteiger partial charge is 0.243 e. The number of carbonyl (C=O) groups excluding carboxylic acids is 1. The predicted octanol–water partition coefficient (Wildman–Crippen LogP) is 0.585. The molecule has 1 aromatic heterocycles. The van der Waals surface area contributed by atoms with Crippen molar-refractivity contribution in [1.82, 2.24) is 9.97 Å². The van der Waals surface area contributed by atoms with E-state index in [1.54, 1.807) is 0 Å². The van der Waals surface area contributed by atoms with Crippen molar-refractivity contribution in [1.29, 1.82) is 0 Å². The molecule has 1 aromatic rings. The summed E-state index contributed by atoms with van der Waals surface area (Å²) in [5, 5.41) is 6.17. The third kappa shape index (κ3) is 4.84. The number of rotatable bonds is 8. The Morgan fingerprint density at radius 1 is 1.44 bits per heavy atom. The second-order valence-electron chi connectivity index (χ2n) is 3.36. The second-order valence-corrected chi connectivity index (χ2v) is 4.15. The Hall–Kier alpha value is -1.41. The highest BCUT2D eigenvalue weighted by Crippen LogP contribution is 2.25. The molecule has 4 N–H and O–H groups in total. The Morgan fingerprint density at radius 3 is 2.72 bits per heavy atom. The van der Waals surface area contributed by atoms with E-state index in [-0.39, 0.29) is 6.61 Å². The van der Waals surface area contributed by atoms with Crippen molar-refractivity contribution in [2.24, 2.45) is 5.73 Å². The quantitative estimate of drug-likeness (QED) is 0.606. The number of nitrogens with one attached hydrogen (secondary N) is 2. The van der Waals surface area contributed by atoms with E-state index in [1.807, 2.05) is 6.92 Å². The number of hydrogen-bond donors (Lipinski definition) is 3. The van der Waals surface area contributed by atoms with Crippen LogP contribution in [0.2, 0.25) is 0 Å². The number of nitrogens with two attached hydrogens (primary N) is 1. The van der Waals surface area contributed by atoms with Crippen LogP contribution in [0.3, 0.4) is 0 Å². The van der Waals surface area contributed by atoms with Crippen molar-refractivity contribution in [3.8, 4) is 0 Å². The van der Waals surface area contributed by atoms with Crippen LogP contribution in [0.4, 0.5) is 11.6 Å². The summed E-state index contributed by atoms with van der Waals surface area (Å²) in [5.41, 5.74) is 4.94. The van der Waals surface area contributed by atoms with Crippen LogP contribution in [-0.4, -0.2) is 42.2 Å². The predicted molar refractivity (Wildman–Crippen MR) is 72.4 cm³/mol. The zero-order chi connectivity index (χ0) is 13.4. The van der Waals surface area contributed by atoms with Crippen LogP contribution in [0.15, 0.2) is 10.8 Å². The molecule has 0 saturated carbocycles. The minimum absolute atomic E-state index is 0.0741. The number of carbonyl (C=O) groups is 1. The van der Waals surface area contributed by atoms with E-state index in [1.165, 1.54) is 6.33 Å². The highest BCUT2D eigenvalue weighted by atomic mass is 79.9. The van der Waals surface area contributed by atoms with Crippen LogP contribution in [0.1, 0.15) is 6.92 Å². The zero-order valence-corrected chi connectivity index (χ0v) is 11.7. The van der Waals surface area contributed by atoms with E-state index in [4.69, 9.17) is 10.5 Å². The van der Waals surface area contributed by atoms with Gasteiger partial charge in [-0.15, -0.1) is 0 Å². The summed E-state index contributed by atoms with van der Waals surface area (Å²) in [7, 11) is 0. The average Bonchev–Trinajstić information content (AvgIpc) is 2.33. The van der Waals surface area contributed by atoms with Crippen molar-refractivity contribution in [3.05, 3.63) is 10.8 Å². The van der Waals surface area contributed by atoms with Gasteiger partial charge in [-0.05, 0) is 22.9 Å². The van der Waals surface area contributed by atoms with Crippen LogP contribution < -0.4 is 16.4 Å². The fourth-order valence-corrected chi connectivity index (χ4v) is 1.68. The maximum Gasteiger partial charge on any atom is 0.243 e. The summed E-state index contributed by atoms with van der Waals surface area (Å²) < 4.78 is 5.79. The normalized spacial score (nSPS) is 10.1.